The highest BCUT2D eigenvalue weighted by Gasteiger charge is 2.30. The third-order valence-corrected chi connectivity index (χ3v) is 7.74. The summed E-state index contributed by atoms with van der Waals surface area (Å²) in [5.41, 5.74) is 2.18. The van der Waals surface area contributed by atoms with Crippen LogP contribution in [0.2, 0.25) is 0 Å². The topological polar surface area (TPSA) is 86.8 Å². The third kappa shape index (κ3) is 8.34. The number of halogens is 1. The Labute approximate surface area is 224 Å². The van der Waals surface area contributed by atoms with Gasteiger partial charge < -0.3 is 10.2 Å². The highest BCUT2D eigenvalue weighted by molar-refractivity contribution is 9.10. The van der Waals surface area contributed by atoms with Crippen LogP contribution in [0.25, 0.3) is 0 Å². The molecule has 36 heavy (non-hydrogen) atoms. The van der Waals surface area contributed by atoms with Crippen LogP contribution < -0.4 is 9.62 Å². The standard InChI is InChI=1S/C27H38BrN3O4S/c1-8-19(2)29-26(33)20(3)30(17-21-10-9-11-23(28)16-21)25(32)18-31(36(7,34)35)24-14-12-22(13-15-24)27(4,5)6/h9-16,19-20H,8,17-18H2,1-7H3,(H,29,33). The Balaban J connectivity index is 2.40. The fourth-order valence-corrected chi connectivity index (χ4v) is 4.92. The lowest BCUT2D eigenvalue weighted by atomic mass is 9.87. The Morgan fingerprint density at radius 2 is 1.67 bits per heavy atom. The van der Waals surface area contributed by atoms with Crippen molar-refractivity contribution in [2.45, 2.75) is 72.0 Å². The summed E-state index contributed by atoms with van der Waals surface area (Å²) in [6, 6.07) is 13.8. The normalized spacial score (nSPS) is 13.6. The second kappa shape index (κ2) is 12.2. The number of carbonyl (C=O) groups is 2. The van der Waals surface area contributed by atoms with Gasteiger partial charge in [-0.05, 0) is 61.1 Å². The number of hydrogen-bond acceptors (Lipinski definition) is 4. The molecule has 0 saturated carbocycles. The van der Waals surface area contributed by atoms with Gasteiger partial charge in [-0.3, -0.25) is 13.9 Å². The van der Waals surface area contributed by atoms with Crippen molar-refractivity contribution in [1.29, 1.82) is 0 Å². The second-order valence-corrected chi connectivity index (χ2v) is 13.0. The molecule has 2 aromatic rings. The van der Waals surface area contributed by atoms with E-state index in [-0.39, 0.29) is 23.9 Å². The molecule has 0 heterocycles. The molecule has 9 heteroatoms. The van der Waals surface area contributed by atoms with E-state index >= 15 is 0 Å². The van der Waals surface area contributed by atoms with Crippen molar-refractivity contribution in [3.05, 3.63) is 64.1 Å². The van der Waals surface area contributed by atoms with E-state index in [9.17, 15) is 18.0 Å². The molecule has 0 saturated heterocycles. The SMILES string of the molecule is CCC(C)NC(=O)C(C)N(Cc1cccc(Br)c1)C(=O)CN(c1ccc(C(C)(C)C)cc1)S(C)(=O)=O. The summed E-state index contributed by atoms with van der Waals surface area (Å²) in [6.07, 6.45) is 1.83. The summed E-state index contributed by atoms with van der Waals surface area (Å²) >= 11 is 3.44. The fourth-order valence-electron chi connectivity index (χ4n) is 3.62. The van der Waals surface area contributed by atoms with Gasteiger partial charge in [-0.2, -0.15) is 0 Å². The van der Waals surface area contributed by atoms with Crippen LogP contribution in [0, 0.1) is 0 Å². The van der Waals surface area contributed by atoms with Crippen LogP contribution in [-0.4, -0.2) is 50.0 Å². The van der Waals surface area contributed by atoms with Gasteiger partial charge in [-0.25, -0.2) is 8.42 Å². The van der Waals surface area contributed by atoms with Crippen molar-refractivity contribution in [3.8, 4) is 0 Å². The van der Waals surface area contributed by atoms with Gasteiger partial charge in [0.2, 0.25) is 21.8 Å². The number of nitrogens with one attached hydrogen (secondary N) is 1. The average molecular weight is 581 g/mol. The minimum absolute atomic E-state index is 0.0448. The van der Waals surface area contributed by atoms with Gasteiger partial charge in [-0.15, -0.1) is 0 Å². The van der Waals surface area contributed by atoms with Crippen molar-refractivity contribution < 1.29 is 18.0 Å². The Kier molecular flexibility index (Phi) is 10.1. The van der Waals surface area contributed by atoms with Crippen LogP contribution >= 0.6 is 15.9 Å². The monoisotopic (exact) mass is 579 g/mol. The molecule has 198 valence electrons. The summed E-state index contributed by atoms with van der Waals surface area (Å²) in [5, 5.41) is 2.92. The maximum atomic E-state index is 13.6. The van der Waals surface area contributed by atoms with Gasteiger partial charge in [0.1, 0.15) is 12.6 Å². The van der Waals surface area contributed by atoms with Crippen LogP contribution in [0.5, 0.6) is 0 Å². The lowest BCUT2D eigenvalue weighted by Gasteiger charge is -2.32. The largest absolute Gasteiger partial charge is 0.352 e. The first-order chi connectivity index (χ1) is 16.6. The summed E-state index contributed by atoms with van der Waals surface area (Å²) in [6.45, 7) is 11.5. The molecule has 2 aromatic carbocycles. The van der Waals surface area contributed by atoms with E-state index in [0.717, 1.165) is 32.6 Å². The Bertz CT molecular complexity index is 1160. The second-order valence-electron chi connectivity index (χ2n) is 10.2. The fraction of sp³-hybridized carbons (Fsp3) is 0.481. The highest BCUT2D eigenvalue weighted by atomic mass is 79.9. The van der Waals surface area contributed by atoms with E-state index in [1.807, 2.05) is 50.2 Å². The van der Waals surface area contributed by atoms with Crippen LogP contribution in [0.4, 0.5) is 5.69 Å². The molecule has 0 aliphatic heterocycles. The smallest absolute Gasteiger partial charge is 0.244 e. The molecule has 0 aromatic heterocycles. The number of rotatable bonds is 10. The molecule has 0 fully saturated rings. The summed E-state index contributed by atoms with van der Waals surface area (Å²) in [7, 11) is -3.77. The molecule has 2 unspecified atom stereocenters. The number of hydrogen-bond donors (Lipinski definition) is 1. The molecule has 7 nitrogen and oxygen atoms in total. The Hall–Kier alpha value is -2.39. The summed E-state index contributed by atoms with van der Waals surface area (Å²) < 4.78 is 27.4. The predicted molar refractivity (Wildman–Crippen MR) is 149 cm³/mol. The maximum absolute atomic E-state index is 13.6. The zero-order chi connectivity index (χ0) is 27.3. The van der Waals surface area contributed by atoms with Gasteiger partial charge in [0.25, 0.3) is 0 Å². The maximum Gasteiger partial charge on any atom is 0.244 e. The molecule has 0 radical (unpaired) electrons. The van der Waals surface area contributed by atoms with Crippen molar-refractivity contribution in [3.63, 3.8) is 0 Å². The molecule has 2 atom stereocenters. The lowest BCUT2D eigenvalue weighted by molar-refractivity contribution is -0.139. The third-order valence-electron chi connectivity index (χ3n) is 6.11. The van der Waals surface area contributed by atoms with Crippen molar-refractivity contribution in [1.82, 2.24) is 10.2 Å². The molecule has 0 aliphatic rings. The van der Waals surface area contributed by atoms with E-state index in [1.165, 1.54) is 4.90 Å². The quantitative estimate of drug-likeness (QED) is 0.436. The molecule has 2 rings (SSSR count). The van der Waals surface area contributed by atoms with Crippen molar-refractivity contribution >= 4 is 43.5 Å². The number of anilines is 1. The molecule has 1 N–H and O–H groups in total. The number of amides is 2. The van der Waals surface area contributed by atoms with E-state index in [4.69, 9.17) is 0 Å². The summed E-state index contributed by atoms with van der Waals surface area (Å²) in [4.78, 5) is 28.0. The molecule has 0 spiro atoms. The Morgan fingerprint density at radius 1 is 1.06 bits per heavy atom. The van der Waals surface area contributed by atoms with E-state index in [1.54, 1.807) is 19.1 Å². The molecular weight excluding hydrogens is 542 g/mol. The number of nitrogens with zero attached hydrogens (tertiary/aromatic N) is 2. The van der Waals surface area contributed by atoms with Gasteiger partial charge in [0, 0.05) is 17.1 Å². The van der Waals surface area contributed by atoms with Gasteiger partial charge in [0.15, 0.2) is 0 Å². The van der Waals surface area contributed by atoms with Crippen LogP contribution in [-0.2, 0) is 31.6 Å². The minimum Gasteiger partial charge on any atom is -0.352 e. The van der Waals surface area contributed by atoms with Crippen LogP contribution in [0.1, 0.15) is 59.1 Å². The first-order valence-electron chi connectivity index (χ1n) is 12.1. The van der Waals surface area contributed by atoms with Crippen molar-refractivity contribution in [2.24, 2.45) is 0 Å². The molecule has 0 aliphatic carbocycles. The van der Waals surface area contributed by atoms with E-state index in [0.29, 0.717) is 5.69 Å². The van der Waals surface area contributed by atoms with Crippen LogP contribution in [0.3, 0.4) is 0 Å². The number of sulfonamides is 1. The average Bonchev–Trinajstić information content (AvgIpc) is 2.79. The number of benzene rings is 2. The molecular formula is C27H38BrN3O4S. The van der Waals surface area contributed by atoms with Gasteiger partial charge >= 0.3 is 0 Å². The van der Waals surface area contributed by atoms with Crippen LogP contribution in [0.15, 0.2) is 53.0 Å². The zero-order valence-corrected chi connectivity index (χ0v) is 24.6. The zero-order valence-electron chi connectivity index (χ0n) is 22.2. The number of carbonyl (C=O) groups excluding carboxylic acids is 2. The van der Waals surface area contributed by atoms with Gasteiger partial charge in [-0.1, -0.05) is 67.9 Å². The van der Waals surface area contributed by atoms with Gasteiger partial charge in [0.05, 0.1) is 11.9 Å². The minimum atomic E-state index is -3.77. The predicted octanol–water partition coefficient (Wildman–Crippen LogP) is 4.84. The molecule has 0 bridgehead atoms. The lowest BCUT2D eigenvalue weighted by Crippen LogP contribution is -2.52. The highest BCUT2D eigenvalue weighted by Crippen LogP contribution is 2.26. The molecule has 2 amide bonds. The van der Waals surface area contributed by atoms with E-state index in [2.05, 4.69) is 42.0 Å². The first-order valence-corrected chi connectivity index (χ1v) is 14.7. The Morgan fingerprint density at radius 3 is 2.17 bits per heavy atom. The van der Waals surface area contributed by atoms with Crippen molar-refractivity contribution in [2.75, 3.05) is 17.1 Å². The first kappa shape index (κ1) is 29.8. The van der Waals surface area contributed by atoms with E-state index < -0.39 is 28.5 Å². The summed E-state index contributed by atoms with van der Waals surface area (Å²) in [5.74, 6) is -0.750.